The second-order valence-corrected chi connectivity index (χ2v) is 7.92. The summed E-state index contributed by atoms with van der Waals surface area (Å²) < 4.78 is 22.7. The molecule has 1 rings (SSSR count). The first-order valence-electron chi connectivity index (χ1n) is 8.67. The smallest absolute Gasteiger partial charge is 0.462 e. The van der Waals surface area contributed by atoms with Crippen LogP contribution in [-0.2, 0) is 24.4 Å². The Morgan fingerprint density at radius 2 is 1.64 bits per heavy atom. The largest absolute Gasteiger partial charge is 0.501 e. The molecule has 0 aliphatic heterocycles. The van der Waals surface area contributed by atoms with E-state index in [1.165, 1.54) is 0 Å². The van der Waals surface area contributed by atoms with E-state index in [1.54, 1.807) is 25.1 Å². The lowest BCUT2D eigenvalue weighted by Crippen LogP contribution is -2.46. The van der Waals surface area contributed by atoms with Crippen LogP contribution in [0.3, 0.4) is 0 Å². The Hall–Kier alpha value is -1.72. The molecule has 0 N–H and O–H groups in total. The molecule has 0 saturated heterocycles. The molecule has 1 aromatic carbocycles. The summed E-state index contributed by atoms with van der Waals surface area (Å²) in [5.74, 6) is -0.390. The number of rotatable bonds is 11. The average Bonchev–Trinajstić information content (AvgIpc) is 2.60. The summed E-state index contributed by atoms with van der Waals surface area (Å²) in [6.07, 6.45) is 0.510. The number of ether oxygens (including phenoxy) is 1. The van der Waals surface area contributed by atoms with E-state index in [1.807, 2.05) is 20.8 Å². The van der Waals surface area contributed by atoms with Gasteiger partial charge in [-0.05, 0) is 57.9 Å². The lowest BCUT2D eigenvalue weighted by atomic mass is 10.0. The standard InChI is InChI=1S/C18H27NO5Si/c1-5-21-18(20)17-10-9-15(14-19)13-16(17)11-12-25(22-6-2,23-7-3)24-8-4/h9-10,13H,5-8,11-12H2,1-4H3. The van der Waals surface area contributed by atoms with Gasteiger partial charge in [0.2, 0.25) is 0 Å². The van der Waals surface area contributed by atoms with Crippen LogP contribution in [0.1, 0.15) is 49.2 Å². The number of aryl methyl sites for hydroxylation is 1. The van der Waals surface area contributed by atoms with E-state index in [2.05, 4.69) is 6.07 Å². The minimum Gasteiger partial charge on any atom is -0.462 e. The van der Waals surface area contributed by atoms with Gasteiger partial charge < -0.3 is 18.0 Å². The van der Waals surface area contributed by atoms with E-state index in [0.29, 0.717) is 50.0 Å². The molecule has 0 fully saturated rings. The molecule has 7 heteroatoms. The average molecular weight is 366 g/mol. The predicted molar refractivity (Wildman–Crippen MR) is 96.3 cm³/mol. The second-order valence-electron chi connectivity index (χ2n) is 5.19. The summed E-state index contributed by atoms with van der Waals surface area (Å²) in [7, 11) is -2.82. The lowest BCUT2D eigenvalue weighted by molar-refractivity contribution is 0.0523. The van der Waals surface area contributed by atoms with Gasteiger partial charge in [-0.1, -0.05) is 0 Å². The molecule has 0 unspecified atom stereocenters. The summed E-state index contributed by atoms with van der Waals surface area (Å²) in [5, 5.41) is 9.14. The normalized spacial score (nSPS) is 11.2. The van der Waals surface area contributed by atoms with Crippen molar-refractivity contribution in [1.82, 2.24) is 0 Å². The highest BCUT2D eigenvalue weighted by atomic mass is 28.4. The Morgan fingerprint density at radius 1 is 1.04 bits per heavy atom. The Bertz CT molecular complexity index is 583. The molecule has 0 heterocycles. The molecule has 0 amide bonds. The second kappa shape index (κ2) is 11.0. The van der Waals surface area contributed by atoms with Gasteiger partial charge in [0.1, 0.15) is 0 Å². The number of nitrogens with zero attached hydrogens (tertiary/aromatic N) is 1. The number of nitriles is 1. The summed E-state index contributed by atoms with van der Waals surface area (Å²) in [5.41, 5.74) is 1.71. The summed E-state index contributed by atoms with van der Waals surface area (Å²) in [4.78, 5) is 12.2. The molecule has 0 aromatic heterocycles. The van der Waals surface area contributed by atoms with Crippen molar-refractivity contribution in [2.45, 2.75) is 40.2 Å². The topological polar surface area (TPSA) is 77.8 Å². The number of carbonyl (C=O) groups excluding carboxylic acids is 1. The molecule has 0 aliphatic carbocycles. The molecule has 0 spiro atoms. The monoisotopic (exact) mass is 365 g/mol. The van der Waals surface area contributed by atoms with E-state index in [-0.39, 0.29) is 0 Å². The summed E-state index contributed by atoms with van der Waals surface area (Å²) >= 11 is 0. The lowest BCUT2D eigenvalue weighted by Gasteiger charge is -2.28. The van der Waals surface area contributed by atoms with Crippen molar-refractivity contribution in [3.8, 4) is 6.07 Å². The third-order valence-corrected chi connectivity index (χ3v) is 6.57. The zero-order valence-corrected chi connectivity index (χ0v) is 16.5. The molecule has 0 aliphatic rings. The maximum absolute atomic E-state index is 12.2. The molecule has 1 aromatic rings. The van der Waals surface area contributed by atoms with E-state index in [0.717, 1.165) is 5.56 Å². The number of esters is 1. The fraction of sp³-hybridized carbons (Fsp3) is 0.556. The Morgan fingerprint density at radius 3 is 2.12 bits per heavy atom. The van der Waals surface area contributed by atoms with Crippen LogP contribution >= 0.6 is 0 Å². The number of hydrogen-bond donors (Lipinski definition) is 0. The zero-order chi connectivity index (χ0) is 18.7. The van der Waals surface area contributed by atoms with Crippen molar-refractivity contribution in [3.63, 3.8) is 0 Å². The van der Waals surface area contributed by atoms with Crippen LogP contribution in [0.4, 0.5) is 0 Å². The van der Waals surface area contributed by atoms with E-state index in [4.69, 9.17) is 23.3 Å². The molecule has 138 valence electrons. The van der Waals surface area contributed by atoms with Gasteiger partial charge in [0.25, 0.3) is 0 Å². The zero-order valence-electron chi connectivity index (χ0n) is 15.5. The molecular formula is C18H27NO5Si. The fourth-order valence-corrected chi connectivity index (χ4v) is 5.15. The summed E-state index contributed by atoms with van der Waals surface area (Å²) in [6, 6.07) is 7.61. The van der Waals surface area contributed by atoms with Crippen LogP contribution in [-0.4, -0.2) is 41.2 Å². The van der Waals surface area contributed by atoms with Crippen molar-refractivity contribution in [2.24, 2.45) is 0 Å². The van der Waals surface area contributed by atoms with Gasteiger partial charge in [-0.25, -0.2) is 4.79 Å². The van der Waals surface area contributed by atoms with Crippen molar-refractivity contribution < 1.29 is 22.8 Å². The molecule has 6 nitrogen and oxygen atoms in total. The van der Waals surface area contributed by atoms with Gasteiger partial charge in [-0.15, -0.1) is 0 Å². The minimum atomic E-state index is -2.82. The van der Waals surface area contributed by atoms with Crippen LogP contribution < -0.4 is 0 Å². The number of benzene rings is 1. The van der Waals surface area contributed by atoms with Crippen molar-refractivity contribution in [3.05, 3.63) is 34.9 Å². The number of hydrogen-bond acceptors (Lipinski definition) is 6. The van der Waals surface area contributed by atoms with Gasteiger partial charge in [-0.3, -0.25) is 0 Å². The fourth-order valence-electron chi connectivity index (χ4n) is 2.57. The van der Waals surface area contributed by atoms with Crippen molar-refractivity contribution in [1.29, 1.82) is 5.26 Å². The predicted octanol–water partition coefficient (Wildman–Crippen LogP) is 3.33. The minimum absolute atomic E-state index is 0.299. The first kappa shape index (κ1) is 21.3. The SMILES string of the molecule is CCOC(=O)c1ccc(C#N)cc1CC[Si](OCC)(OCC)OCC. The highest BCUT2D eigenvalue weighted by Gasteiger charge is 2.40. The third kappa shape index (κ3) is 6.25. The molecule has 0 saturated carbocycles. The highest BCUT2D eigenvalue weighted by molar-refractivity contribution is 6.60. The molecule has 0 atom stereocenters. The van der Waals surface area contributed by atoms with E-state index >= 15 is 0 Å². The van der Waals surface area contributed by atoms with Gasteiger partial charge in [0.15, 0.2) is 0 Å². The molecular weight excluding hydrogens is 338 g/mol. The van der Waals surface area contributed by atoms with Gasteiger partial charge in [-0.2, -0.15) is 5.26 Å². The summed E-state index contributed by atoms with van der Waals surface area (Å²) in [6.45, 7) is 9.26. The first-order valence-corrected chi connectivity index (χ1v) is 10.6. The van der Waals surface area contributed by atoms with Crippen LogP contribution in [0.5, 0.6) is 0 Å². The van der Waals surface area contributed by atoms with Crippen LogP contribution in [0.25, 0.3) is 0 Å². The maximum atomic E-state index is 12.2. The van der Waals surface area contributed by atoms with E-state index in [9.17, 15) is 4.79 Å². The molecule has 0 radical (unpaired) electrons. The first-order chi connectivity index (χ1) is 12.1. The van der Waals surface area contributed by atoms with Crippen LogP contribution in [0.2, 0.25) is 6.04 Å². The van der Waals surface area contributed by atoms with Crippen molar-refractivity contribution in [2.75, 3.05) is 26.4 Å². The van der Waals surface area contributed by atoms with Gasteiger partial charge >= 0.3 is 14.8 Å². The van der Waals surface area contributed by atoms with Gasteiger partial charge in [0, 0.05) is 25.9 Å². The van der Waals surface area contributed by atoms with Crippen LogP contribution in [0, 0.1) is 11.3 Å². The molecule has 0 bridgehead atoms. The quantitative estimate of drug-likeness (QED) is 0.442. The van der Waals surface area contributed by atoms with E-state index < -0.39 is 14.8 Å². The Labute approximate surface area is 151 Å². The third-order valence-electron chi connectivity index (χ3n) is 3.52. The van der Waals surface area contributed by atoms with Crippen molar-refractivity contribution >= 4 is 14.8 Å². The Balaban J connectivity index is 3.09. The maximum Gasteiger partial charge on any atom is 0.501 e. The molecule has 25 heavy (non-hydrogen) atoms. The highest BCUT2D eigenvalue weighted by Crippen LogP contribution is 2.22. The van der Waals surface area contributed by atoms with Gasteiger partial charge in [0.05, 0.1) is 23.8 Å². The van der Waals surface area contributed by atoms with Crippen LogP contribution in [0.15, 0.2) is 18.2 Å². The number of carbonyl (C=O) groups is 1. The Kier molecular flexibility index (Phi) is 9.38.